The number of rotatable bonds is 2. The van der Waals surface area contributed by atoms with E-state index in [0.717, 1.165) is 0 Å². The molecule has 0 aliphatic heterocycles. The molecule has 0 N–H and O–H groups in total. The molecule has 4 aromatic heterocycles. The predicted octanol–water partition coefficient (Wildman–Crippen LogP) is 12.4. The van der Waals surface area contributed by atoms with Gasteiger partial charge in [0.2, 0.25) is 0 Å². The lowest BCUT2D eigenvalue weighted by molar-refractivity contribution is 1.19. The van der Waals surface area contributed by atoms with Crippen LogP contribution in [0.3, 0.4) is 0 Å². The van der Waals surface area contributed by atoms with Crippen LogP contribution in [0.1, 0.15) is 0 Å². The summed E-state index contributed by atoms with van der Waals surface area (Å²) in [5, 5.41) is 9.37. The molecule has 4 heteroatoms. The topological polar surface area (TPSA) is 4.93 Å². The number of aromatic nitrogens is 1. The van der Waals surface area contributed by atoms with E-state index in [1.807, 2.05) is 34.0 Å². The average Bonchev–Trinajstić information content (AvgIpc) is 3.78. The summed E-state index contributed by atoms with van der Waals surface area (Å²) in [6.07, 6.45) is 0. The largest absolute Gasteiger partial charge is 0.309 e. The summed E-state index contributed by atoms with van der Waals surface area (Å²) in [6, 6.07) is 47.2. The molecule has 0 fully saturated rings. The van der Waals surface area contributed by atoms with Crippen molar-refractivity contribution >= 4 is 106 Å². The van der Waals surface area contributed by atoms with Gasteiger partial charge in [-0.3, -0.25) is 0 Å². The second kappa shape index (κ2) is 8.52. The lowest BCUT2D eigenvalue weighted by Crippen LogP contribution is -1.93. The number of fused-ring (bicyclic) bond motifs is 11. The normalized spacial score (nSPS) is 12.3. The van der Waals surface area contributed by atoms with Crippen molar-refractivity contribution in [2.24, 2.45) is 0 Å². The van der Waals surface area contributed by atoms with Crippen LogP contribution in [-0.4, -0.2) is 4.57 Å². The lowest BCUT2D eigenvalue weighted by Gasteiger charge is -2.09. The van der Waals surface area contributed by atoms with E-state index in [4.69, 9.17) is 0 Å². The summed E-state index contributed by atoms with van der Waals surface area (Å²) < 4.78 is 9.28. The van der Waals surface area contributed by atoms with Crippen LogP contribution in [-0.2, 0) is 0 Å². The van der Waals surface area contributed by atoms with E-state index in [1.54, 1.807) is 0 Å². The molecule has 0 saturated carbocycles. The first-order valence-corrected chi connectivity index (χ1v) is 16.5. The molecule has 6 aromatic carbocycles. The SMILES string of the molecule is c1ccc2c(c1)sc1c(-c3ccc4c(c3)c3ccccc3n4-c3ccc4sc5sc6ccccc6c5c4c3)cccc12. The van der Waals surface area contributed by atoms with Gasteiger partial charge < -0.3 is 4.57 Å². The molecule has 0 aliphatic carbocycles. The molecule has 1 nitrogen and oxygen atoms in total. The maximum Gasteiger partial charge on any atom is 0.0890 e. The van der Waals surface area contributed by atoms with E-state index in [9.17, 15) is 0 Å². The molecule has 10 aromatic rings. The van der Waals surface area contributed by atoms with Crippen molar-refractivity contribution in [3.63, 3.8) is 0 Å². The van der Waals surface area contributed by atoms with Crippen molar-refractivity contribution in [2.45, 2.75) is 0 Å². The molecule has 4 heterocycles. The average molecular weight is 588 g/mol. The number of nitrogens with zero attached hydrogens (tertiary/aromatic N) is 1. The van der Waals surface area contributed by atoms with Gasteiger partial charge in [0.15, 0.2) is 0 Å². The highest BCUT2D eigenvalue weighted by Crippen LogP contribution is 2.46. The molecule has 196 valence electrons. The number of hydrogen-bond acceptors (Lipinski definition) is 3. The minimum absolute atomic E-state index is 1.21. The highest BCUT2D eigenvalue weighted by atomic mass is 32.2. The van der Waals surface area contributed by atoms with Gasteiger partial charge in [0.05, 0.1) is 15.0 Å². The van der Waals surface area contributed by atoms with Gasteiger partial charge in [-0.15, -0.1) is 34.0 Å². The Kier molecular flexibility index (Phi) is 4.69. The highest BCUT2D eigenvalue weighted by Gasteiger charge is 2.17. The fourth-order valence-electron chi connectivity index (χ4n) is 6.78. The zero-order valence-corrected chi connectivity index (χ0v) is 24.7. The minimum atomic E-state index is 1.21. The first-order valence-electron chi connectivity index (χ1n) is 14.1. The monoisotopic (exact) mass is 587 g/mol. The molecule has 42 heavy (non-hydrogen) atoms. The Balaban J connectivity index is 1.23. The Morgan fingerprint density at radius 2 is 1.12 bits per heavy atom. The van der Waals surface area contributed by atoms with Crippen molar-refractivity contribution < 1.29 is 0 Å². The van der Waals surface area contributed by atoms with Crippen molar-refractivity contribution in [1.29, 1.82) is 0 Å². The summed E-state index contributed by atoms with van der Waals surface area (Å²) in [5.74, 6) is 0. The van der Waals surface area contributed by atoms with Gasteiger partial charge in [-0.1, -0.05) is 78.9 Å². The Morgan fingerprint density at radius 1 is 0.429 bits per heavy atom. The van der Waals surface area contributed by atoms with E-state index >= 15 is 0 Å². The van der Waals surface area contributed by atoms with Gasteiger partial charge in [0.25, 0.3) is 0 Å². The van der Waals surface area contributed by atoms with Crippen LogP contribution in [0.5, 0.6) is 0 Å². The van der Waals surface area contributed by atoms with Crippen LogP contribution in [0.2, 0.25) is 0 Å². The summed E-state index contributed by atoms with van der Waals surface area (Å²) in [7, 11) is 0. The minimum Gasteiger partial charge on any atom is -0.309 e. The van der Waals surface area contributed by atoms with E-state index in [1.165, 1.54) is 88.4 Å². The fourth-order valence-corrected chi connectivity index (χ4v) is 10.6. The highest BCUT2D eigenvalue weighted by molar-refractivity contribution is 7.44. The first-order chi connectivity index (χ1) is 20.8. The maximum absolute atomic E-state index is 2.45. The third-order valence-corrected chi connectivity index (χ3v) is 12.3. The molecule has 0 bridgehead atoms. The Bertz CT molecular complexity index is 2700. The van der Waals surface area contributed by atoms with Gasteiger partial charge in [-0.05, 0) is 59.7 Å². The van der Waals surface area contributed by atoms with Crippen LogP contribution in [0.15, 0.2) is 127 Å². The smallest absolute Gasteiger partial charge is 0.0890 e. The van der Waals surface area contributed by atoms with Crippen molar-refractivity contribution in [2.75, 3.05) is 0 Å². The Labute approximate surface area is 253 Å². The third kappa shape index (κ3) is 3.12. The predicted molar refractivity (Wildman–Crippen MR) is 187 cm³/mol. The Morgan fingerprint density at radius 3 is 2.00 bits per heavy atom. The van der Waals surface area contributed by atoms with Gasteiger partial charge in [-0.25, -0.2) is 0 Å². The van der Waals surface area contributed by atoms with Crippen molar-refractivity contribution in [1.82, 2.24) is 4.57 Å². The third-order valence-electron chi connectivity index (χ3n) is 8.64. The van der Waals surface area contributed by atoms with E-state index in [2.05, 4.69) is 132 Å². The zero-order chi connectivity index (χ0) is 27.4. The lowest BCUT2D eigenvalue weighted by atomic mass is 10.0. The number of benzene rings is 6. The van der Waals surface area contributed by atoms with Gasteiger partial charge >= 0.3 is 0 Å². The maximum atomic E-state index is 2.45. The second-order valence-corrected chi connectivity index (χ2v) is 14.3. The molecule has 0 radical (unpaired) electrons. The standard InChI is InChI=1S/C38H21NS3/c1-4-13-31-25(8-1)29-20-22(24-11-7-12-27-26-9-2-5-14-33(26)40-37(24)27)16-18-32(29)39(31)23-17-19-35-30(21-23)36-28-10-3-6-15-34(28)41-38(36)42-35/h1-21H. The van der Waals surface area contributed by atoms with Crippen molar-refractivity contribution in [3.05, 3.63) is 127 Å². The molecular formula is C38H21NS3. The van der Waals surface area contributed by atoms with Gasteiger partial charge in [0, 0.05) is 62.2 Å². The van der Waals surface area contributed by atoms with Crippen LogP contribution in [0, 0.1) is 0 Å². The van der Waals surface area contributed by atoms with Crippen LogP contribution in [0.25, 0.3) is 88.4 Å². The number of thiophene rings is 3. The number of hydrogen-bond donors (Lipinski definition) is 0. The van der Waals surface area contributed by atoms with Gasteiger partial charge in [-0.2, -0.15) is 0 Å². The van der Waals surface area contributed by atoms with E-state index < -0.39 is 0 Å². The summed E-state index contributed by atoms with van der Waals surface area (Å²) in [5.41, 5.74) is 6.26. The number of para-hydroxylation sites is 1. The van der Waals surface area contributed by atoms with E-state index in [0.29, 0.717) is 0 Å². The summed E-state index contributed by atoms with van der Waals surface area (Å²) in [4.78, 5) is 0. The fraction of sp³-hybridized carbons (Fsp3) is 0. The molecule has 0 amide bonds. The molecule has 0 saturated heterocycles. The van der Waals surface area contributed by atoms with Crippen molar-refractivity contribution in [3.8, 4) is 16.8 Å². The second-order valence-electron chi connectivity index (χ2n) is 10.9. The quantitative estimate of drug-likeness (QED) is 0.190. The van der Waals surface area contributed by atoms with Gasteiger partial charge in [0.1, 0.15) is 0 Å². The van der Waals surface area contributed by atoms with Crippen LogP contribution in [0.4, 0.5) is 0 Å². The first kappa shape index (κ1) is 23.1. The molecule has 0 unspecified atom stereocenters. The molecule has 0 spiro atoms. The Hall–Kier alpha value is -4.48. The molecule has 10 rings (SSSR count). The summed E-state index contributed by atoms with van der Waals surface area (Å²) in [6.45, 7) is 0. The molecule has 0 atom stereocenters. The summed E-state index contributed by atoms with van der Waals surface area (Å²) >= 11 is 5.72. The molecule has 0 aliphatic rings. The van der Waals surface area contributed by atoms with Crippen LogP contribution < -0.4 is 0 Å². The zero-order valence-electron chi connectivity index (χ0n) is 22.3. The molecular weight excluding hydrogens is 567 g/mol. The van der Waals surface area contributed by atoms with E-state index in [-0.39, 0.29) is 0 Å². The van der Waals surface area contributed by atoms with Crippen LogP contribution >= 0.6 is 34.0 Å².